The van der Waals surface area contributed by atoms with Crippen LogP contribution in [0.1, 0.15) is 5.56 Å². The summed E-state index contributed by atoms with van der Waals surface area (Å²) in [5, 5.41) is 4.19. The zero-order chi connectivity index (χ0) is 13.9. The Hall–Kier alpha value is -1.66. The van der Waals surface area contributed by atoms with Crippen LogP contribution in [-0.4, -0.2) is 49.8 Å². The van der Waals surface area contributed by atoms with E-state index in [4.69, 9.17) is 11.6 Å². The molecule has 0 saturated carbocycles. The maximum atomic E-state index is 6.49. The number of aryl methyl sites for hydroxylation is 1. The van der Waals surface area contributed by atoms with Gasteiger partial charge in [-0.1, -0.05) is 0 Å². The van der Waals surface area contributed by atoms with E-state index < -0.39 is 0 Å². The van der Waals surface area contributed by atoms with E-state index in [0.717, 1.165) is 32.0 Å². The number of halogens is 1. The third-order valence-corrected chi connectivity index (χ3v) is 3.86. The maximum Gasteiger partial charge on any atom is 0.147 e. The van der Waals surface area contributed by atoms with E-state index in [1.54, 1.807) is 18.6 Å². The van der Waals surface area contributed by atoms with Crippen molar-refractivity contribution in [3.63, 3.8) is 0 Å². The Bertz CT molecular complexity index is 557. The lowest BCUT2D eigenvalue weighted by Gasteiger charge is -2.38. The number of hydrogen-bond donors (Lipinski definition) is 0. The molecule has 20 heavy (non-hydrogen) atoms. The highest BCUT2D eigenvalue weighted by molar-refractivity contribution is 6.20. The normalized spacial score (nSPS) is 20.3. The summed E-state index contributed by atoms with van der Waals surface area (Å²) in [6.45, 7) is 3.39. The van der Waals surface area contributed by atoms with Gasteiger partial charge in [0.25, 0.3) is 0 Å². The summed E-state index contributed by atoms with van der Waals surface area (Å²) in [5.74, 6) is 0.888. The molecule has 0 N–H and O–H groups in total. The fraction of sp³-hybridized carbons (Fsp3) is 0.462. The van der Waals surface area contributed by atoms with Gasteiger partial charge in [0.1, 0.15) is 11.3 Å². The van der Waals surface area contributed by atoms with Gasteiger partial charge in [-0.05, 0) is 0 Å². The summed E-state index contributed by atoms with van der Waals surface area (Å²) in [4.78, 5) is 12.9. The molecule has 1 aliphatic rings. The van der Waals surface area contributed by atoms with Crippen molar-refractivity contribution in [3.05, 3.63) is 36.5 Å². The Balaban J connectivity index is 1.62. The maximum absolute atomic E-state index is 6.49. The minimum absolute atomic E-state index is 0.0361. The number of alkyl halides is 1. The Morgan fingerprint density at radius 2 is 2.20 bits per heavy atom. The van der Waals surface area contributed by atoms with Crippen LogP contribution in [0.15, 0.2) is 31.0 Å². The highest BCUT2D eigenvalue weighted by atomic mass is 35.5. The van der Waals surface area contributed by atoms with E-state index in [-0.39, 0.29) is 5.50 Å². The first-order chi connectivity index (χ1) is 9.72. The van der Waals surface area contributed by atoms with Crippen molar-refractivity contribution < 1.29 is 0 Å². The summed E-state index contributed by atoms with van der Waals surface area (Å²) in [6.07, 6.45) is 9.08. The second-order valence-corrected chi connectivity index (χ2v) is 5.44. The molecule has 3 rings (SSSR count). The van der Waals surface area contributed by atoms with Gasteiger partial charge in [0.15, 0.2) is 0 Å². The zero-order valence-corrected chi connectivity index (χ0v) is 12.1. The third kappa shape index (κ3) is 2.91. The fourth-order valence-corrected chi connectivity index (χ4v) is 2.74. The van der Waals surface area contributed by atoms with Crippen molar-refractivity contribution in [1.82, 2.24) is 24.6 Å². The lowest BCUT2D eigenvalue weighted by atomic mass is 10.2. The molecule has 0 amide bonds. The average Bonchev–Trinajstić information content (AvgIpc) is 2.87. The minimum atomic E-state index is -0.0361. The molecule has 6 nitrogen and oxygen atoms in total. The van der Waals surface area contributed by atoms with Gasteiger partial charge in [-0.2, -0.15) is 5.10 Å². The molecule has 0 spiro atoms. The Morgan fingerprint density at radius 3 is 2.85 bits per heavy atom. The van der Waals surface area contributed by atoms with E-state index in [1.165, 1.54) is 5.56 Å². The monoisotopic (exact) mass is 292 g/mol. The number of rotatable bonds is 3. The van der Waals surface area contributed by atoms with Gasteiger partial charge in [0.05, 0.1) is 12.4 Å². The van der Waals surface area contributed by atoms with Gasteiger partial charge in [0, 0.05) is 57.4 Å². The zero-order valence-electron chi connectivity index (χ0n) is 11.4. The van der Waals surface area contributed by atoms with Crippen LogP contribution in [0.3, 0.4) is 0 Å². The SMILES string of the molecule is Cn1cc(CN2CCN(c3cnccn3)CC2Cl)cn1. The minimum Gasteiger partial charge on any atom is -0.351 e. The molecular formula is C13H17ClN6. The Kier molecular flexibility index (Phi) is 3.84. The number of hydrogen-bond acceptors (Lipinski definition) is 5. The smallest absolute Gasteiger partial charge is 0.147 e. The Labute approximate surface area is 123 Å². The molecule has 7 heteroatoms. The molecule has 0 radical (unpaired) electrons. The summed E-state index contributed by atoms with van der Waals surface area (Å²) in [5.41, 5.74) is 1.15. The first-order valence-corrected chi connectivity index (χ1v) is 7.02. The summed E-state index contributed by atoms with van der Waals surface area (Å²) in [7, 11) is 1.92. The quantitative estimate of drug-likeness (QED) is 0.626. The van der Waals surface area contributed by atoms with Gasteiger partial charge in [-0.15, -0.1) is 11.6 Å². The average molecular weight is 293 g/mol. The molecule has 2 aromatic rings. The molecule has 1 aliphatic heterocycles. The second-order valence-electron chi connectivity index (χ2n) is 4.94. The lowest BCUT2D eigenvalue weighted by molar-refractivity contribution is 0.222. The van der Waals surface area contributed by atoms with Gasteiger partial charge in [-0.3, -0.25) is 14.6 Å². The molecule has 1 atom stereocenters. The van der Waals surface area contributed by atoms with Gasteiger partial charge in [0.2, 0.25) is 0 Å². The van der Waals surface area contributed by atoms with Crippen molar-refractivity contribution in [1.29, 1.82) is 0 Å². The highest BCUT2D eigenvalue weighted by Crippen LogP contribution is 2.20. The topological polar surface area (TPSA) is 50.1 Å². The van der Waals surface area contributed by atoms with Crippen molar-refractivity contribution in [2.45, 2.75) is 12.0 Å². The lowest BCUT2D eigenvalue weighted by Crippen LogP contribution is -2.50. The van der Waals surface area contributed by atoms with Gasteiger partial charge >= 0.3 is 0 Å². The van der Waals surface area contributed by atoms with Crippen LogP contribution in [0, 0.1) is 0 Å². The van der Waals surface area contributed by atoms with Crippen LogP contribution < -0.4 is 4.90 Å². The van der Waals surface area contributed by atoms with E-state index in [1.807, 2.05) is 24.1 Å². The standard InChI is InChI=1S/C13H17ClN6/c1-18-8-11(6-17-18)9-19-4-5-20(10-12(19)14)13-7-15-2-3-16-13/h2-3,6-8,12H,4-5,9-10H2,1H3. The number of aromatic nitrogens is 4. The molecule has 0 aromatic carbocycles. The van der Waals surface area contributed by atoms with E-state index >= 15 is 0 Å². The summed E-state index contributed by atoms with van der Waals surface area (Å²) < 4.78 is 1.81. The molecule has 2 aromatic heterocycles. The number of nitrogens with zero attached hydrogens (tertiary/aromatic N) is 6. The van der Waals surface area contributed by atoms with Crippen LogP contribution in [0.25, 0.3) is 0 Å². The van der Waals surface area contributed by atoms with Crippen molar-refractivity contribution in [3.8, 4) is 0 Å². The largest absolute Gasteiger partial charge is 0.351 e. The molecule has 0 aliphatic carbocycles. The molecule has 106 valence electrons. The van der Waals surface area contributed by atoms with Crippen molar-refractivity contribution in [2.75, 3.05) is 24.5 Å². The first kappa shape index (κ1) is 13.3. The van der Waals surface area contributed by atoms with Gasteiger partial charge in [-0.25, -0.2) is 4.98 Å². The summed E-state index contributed by atoms with van der Waals surface area (Å²) in [6, 6.07) is 0. The predicted octanol–water partition coefficient (Wildman–Crippen LogP) is 1.10. The number of anilines is 1. The van der Waals surface area contributed by atoms with Crippen LogP contribution in [0.2, 0.25) is 0 Å². The molecule has 1 unspecified atom stereocenters. The molecule has 1 fully saturated rings. The highest BCUT2D eigenvalue weighted by Gasteiger charge is 2.26. The molecule has 1 saturated heterocycles. The first-order valence-electron chi connectivity index (χ1n) is 6.59. The second kappa shape index (κ2) is 5.76. The third-order valence-electron chi connectivity index (χ3n) is 3.44. The van der Waals surface area contributed by atoms with Crippen LogP contribution in [-0.2, 0) is 13.6 Å². The molecule has 0 bridgehead atoms. The van der Waals surface area contributed by atoms with Crippen molar-refractivity contribution in [2.24, 2.45) is 7.05 Å². The molecule has 3 heterocycles. The van der Waals surface area contributed by atoms with E-state index in [0.29, 0.717) is 0 Å². The van der Waals surface area contributed by atoms with Crippen LogP contribution >= 0.6 is 11.6 Å². The predicted molar refractivity (Wildman–Crippen MR) is 77.5 cm³/mol. The Morgan fingerprint density at radius 1 is 1.30 bits per heavy atom. The summed E-state index contributed by atoms with van der Waals surface area (Å²) >= 11 is 6.49. The van der Waals surface area contributed by atoms with E-state index in [2.05, 4.69) is 24.9 Å². The fourth-order valence-electron chi connectivity index (χ4n) is 2.41. The van der Waals surface area contributed by atoms with E-state index in [9.17, 15) is 0 Å². The van der Waals surface area contributed by atoms with Crippen LogP contribution in [0.5, 0.6) is 0 Å². The molecular weight excluding hydrogens is 276 g/mol. The van der Waals surface area contributed by atoms with Crippen LogP contribution in [0.4, 0.5) is 5.82 Å². The van der Waals surface area contributed by atoms with Gasteiger partial charge < -0.3 is 4.90 Å². The van der Waals surface area contributed by atoms with Crippen molar-refractivity contribution >= 4 is 17.4 Å². The number of piperazine rings is 1.